The summed E-state index contributed by atoms with van der Waals surface area (Å²) in [7, 11) is 0. The molecule has 0 saturated heterocycles. The van der Waals surface area contributed by atoms with Gasteiger partial charge in [0.15, 0.2) is 5.78 Å². The number of Topliss-reactive ketones (excluding diaryl/α,β-unsaturated/α-hetero) is 1. The van der Waals surface area contributed by atoms with Crippen LogP contribution in [0.5, 0.6) is 0 Å². The minimum Gasteiger partial charge on any atom is -0.373 e. The zero-order chi connectivity index (χ0) is 11.1. The Labute approximate surface area is 95.3 Å². The summed E-state index contributed by atoms with van der Waals surface area (Å²) in [5.74, 6) is 0.101. The van der Waals surface area contributed by atoms with E-state index in [0.717, 1.165) is 11.3 Å². The van der Waals surface area contributed by atoms with Crippen LogP contribution in [0.15, 0.2) is 12.1 Å². The molecule has 0 radical (unpaired) electrons. The van der Waals surface area contributed by atoms with E-state index < -0.39 is 0 Å². The van der Waals surface area contributed by atoms with Crippen LogP contribution >= 0.6 is 11.3 Å². The number of aryl methyl sites for hydroxylation is 1. The van der Waals surface area contributed by atoms with Crippen LogP contribution in [0.25, 0.3) is 0 Å². The standard InChI is InChI=1S/C12H18O2S/c1-3-4-5-8-14-9-11(13)12-7-6-10(2)15-12/h6-7H,3-5,8-9H2,1-2H3. The Kier molecular flexibility index (Phi) is 5.58. The maximum absolute atomic E-state index is 11.6. The number of carbonyl (C=O) groups is 1. The molecule has 1 heterocycles. The Balaban J connectivity index is 2.19. The average Bonchev–Trinajstić information content (AvgIpc) is 2.64. The van der Waals surface area contributed by atoms with Gasteiger partial charge in [0.25, 0.3) is 0 Å². The molecule has 0 aliphatic rings. The fraction of sp³-hybridized carbons (Fsp3) is 0.583. The molecule has 0 spiro atoms. The number of hydrogen-bond acceptors (Lipinski definition) is 3. The molecule has 1 aromatic heterocycles. The van der Waals surface area contributed by atoms with Gasteiger partial charge in [-0.1, -0.05) is 19.8 Å². The molecule has 0 unspecified atom stereocenters. The van der Waals surface area contributed by atoms with Crippen molar-refractivity contribution < 1.29 is 9.53 Å². The Bertz CT molecular complexity index is 304. The van der Waals surface area contributed by atoms with E-state index in [4.69, 9.17) is 4.74 Å². The molecule has 3 heteroatoms. The molecule has 0 aromatic carbocycles. The molecule has 0 aliphatic heterocycles. The van der Waals surface area contributed by atoms with Crippen LogP contribution in [0.4, 0.5) is 0 Å². The van der Waals surface area contributed by atoms with Crippen molar-refractivity contribution in [2.75, 3.05) is 13.2 Å². The van der Waals surface area contributed by atoms with Crippen molar-refractivity contribution in [2.24, 2.45) is 0 Å². The van der Waals surface area contributed by atoms with Gasteiger partial charge in [0.1, 0.15) is 6.61 Å². The first-order valence-electron chi connectivity index (χ1n) is 5.41. The molecule has 0 saturated carbocycles. The van der Waals surface area contributed by atoms with Gasteiger partial charge in [0.05, 0.1) is 4.88 Å². The van der Waals surface area contributed by atoms with E-state index in [1.807, 2.05) is 19.1 Å². The number of carbonyl (C=O) groups excluding carboxylic acids is 1. The molecule has 84 valence electrons. The normalized spacial score (nSPS) is 10.5. The monoisotopic (exact) mass is 226 g/mol. The van der Waals surface area contributed by atoms with Crippen molar-refractivity contribution >= 4 is 17.1 Å². The molecule has 2 nitrogen and oxygen atoms in total. The third kappa shape index (κ3) is 4.58. The molecular formula is C12H18O2S. The van der Waals surface area contributed by atoms with Crippen molar-refractivity contribution in [1.29, 1.82) is 0 Å². The van der Waals surface area contributed by atoms with Crippen LogP contribution in [-0.2, 0) is 4.74 Å². The quantitative estimate of drug-likeness (QED) is 0.526. The predicted octanol–water partition coefficient (Wildman–Crippen LogP) is 3.45. The maximum Gasteiger partial charge on any atom is 0.198 e. The van der Waals surface area contributed by atoms with Gasteiger partial charge in [-0.15, -0.1) is 11.3 Å². The third-order valence-electron chi connectivity index (χ3n) is 2.14. The average molecular weight is 226 g/mol. The van der Waals surface area contributed by atoms with E-state index in [2.05, 4.69) is 6.92 Å². The van der Waals surface area contributed by atoms with Crippen LogP contribution < -0.4 is 0 Å². The second-order valence-corrected chi connectivity index (χ2v) is 4.88. The highest BCUT2D eigenvalue weighted by Crippen LogP contribution is 2.15. The van der Waals surface area contributed by atoms with Crippen molar-refractivity contribution in [3.05, 3.63) is 21.9 Å². The molecule has 0 amide bonds. The smallest absolute Gasteiger partial charge is 0.198 e. The van der Waals surface area contributed by atoms with E-state index in [0.29, 0.717) is 6.61 Å². The highest BCUT2D eigenvalue weighted by molar-refractivity contribution is 7.14. The van der Waals surface area contributed by atoms with E-state index in [1.54, 1.807) is 0 Å². The highest BCUT2D eigenvalue weighted by atomic mass is 32.1. The number of ether oxygens (including phenoxy) is 1. The second kappa shape index (κ2) is 6.75. The summed E-state index contributed by atoms with van der Waals surface area (Å²) in [4.78, 5) is 13.6. The van der Waals surface area contributed by atoms with Crippen molar-refractivity contribution in [3.8, 4) is 0 Å². The van der Waals surface area contributed by atoms with Crippen LogP contribution in [0, 0.1) is 6.92 Å². The number of ketones is 1. The molecule has 0 N–H and O–H groups in total. The topological polar surface area (TPSA) is 26.3 Å². The van der Waals surface area contributed by atoms with E-state index in [-0.39, 0.29) is 12.4 Å². The van der Waals surface area contributed by atoms with Crippen molar-refractivity contribution in [2.45, 2.75) is 33.1 Å². The Morgan fingerprint density at radius 2 is 2.20 bits per heavy atom. The van der Waals surface area contributed by atoms with Gasteiger partial charge in [0.2, 0.25) is 0 Å². The lowest BCUT2D eigenvalue weighted by Crippen LogP contribution is -2.08. The minimum atomic E-state index is 0.101. The first-order valence-corrected chi connectivity index (χ1v) is 6.23. The van der Waals surface area contributed by atoms with Crippen LogP contribution in [0.3, 0.4) is 0 Å². The summed E-state index contributed by atoms with van der Waals surface area (Å²) in [5, 5.41) is 0. The zero-order valence-corrected chi connectivity index (χ0v) is 10.2. The Morgan fingerprint density at radius 1 is 1.40 bits per heavy atom. The molecule has 0 bridgehead atoms. The second-order valence-electron chi connectivity index (χ2n) is 3.59. The largest absolute Gasteiger partial charge is 0.373 e. The minimum absolute atomic E-state index is 0.101. The highest BCUT2D eigenvalue weighted by Gasteiger charge is 2.07. The molecule has 15 heavy (non-hydrogen) atoms. The van der Waals surface area contributed by atoms with Gasteiger partial charge in [-0.3, -0.25) is 4.79 Å². The summed E-state index contributed by atoms with van der Waals surface area (Å²) in [6.07, 6.45) is 3.40. The van der Waals surface area contributed by atoms with Gasteiger partial charge in [-0.2, -0.15) is 0 Å². The first-order chi connectivity index (χ1) is 7.24. The van der Waals surface area contributed by atoms with Gasteiger partial charge >= 0.3 is 0 Å². The zero-order valence-electron chi connectivity index (χ0n) is 9.41. The van der Waals surface area contributed by atoms with Crippen LogP contribution in [-0.4, -0.2) is 19.0 Å². The number of hydrogen-bond donors (Lipinski definition) is 0. The Morgan fingerprint density at radius 3 is 2.80 bits per heavy atom. The van der Waals surface area contributed by atoms with Crippen LogP contribution in [0.2, 0.25) is 0 Å². The fourth-order valence-corrected chi connectivity index (χ4v) is 2.07. The summed E-state index contributed by atoms with van der Waals surface area (Å²) in [6.45, 7) is 5.08. The first kappa shape index (κ1) is 12.4. The van der Waals surface area contributed by atoms with Gasteiger partial charge in [-0.25, -0.2) is 0 Å². The molecule has 0 aliphatic carbocycles. The van der Waals surface area contributed by atoms with Crippen molar-refractivity contribution in [3.63, 3.8) is 0 Å². The summed E-state index contributed by atoms with van der Waals surface area (Å²) in [6, 6.07) is 3.84. The van der Waals surface area contributed by atoms with Gasteiger partial charge < -0.3 is 4.74 Å². The molecule has 0 atom stereocenters. The lowest BCUT2D eigenvalue weighted by molar-refractivity contribution is 0.0757. The predicted molar refractivity (Wildman–Crippen MR) is 63.7 cm³/mol. The summed E-state index contributed by atoms with van der Waals surface area (Å²) >= 11 is 1.53. The number of unbranched alkanes of at least 4 members (excludes halogenated alkanes) is 2. The molecular weight excluding hydrogens is 208 g/mol. The van der Waals surface area contributed by atoms with Crippen molar-refractivity contribution in [1.82, 2.24) is 0 Å². The molecule has 1 aromatic rings. The molecule has 1 rings (SSSR count). The third-order valence-corrected chi connectivity index (χ3v) is 3.18. The van der Waals surface area contributed by atoms with Crippen LogP contribution in [0.1, 0.15) is 40.7 Å². The number of rotatable bonds is 7. The molecule has 0 fully saturated rings. The van der Waals surface area contributed by atoms with E-state index in [9.17, 15) is 4.79 Å². The Hall–Kier alpha value is -0.670. The SMILES string of the molecule is CCCCCOCC(=O)c1ccc(C)s1. The van der Waals surface area contributed by atoms with E-state index in [1.165, 1.54) is 29.1 Å². The van der Waals surface area contributed by atoms with Gasteiger partial charge in [0, 0.05) is 11.5 Å². The fourth-order valence-electron chi connectivity index (χ4n) is 1.27. The van der Waals surface area contributed by atoms with E-state index >= 15 is 0 Å². The lowest BCUT2D eigenvalue weighted by Gasteiger charge is -2.01. The lowest BCUT2D eigenvalue weighted by atomic mass is 10.3. The summed E-state index contributed by atoms with van der Waals surface area (Å²) in [5.41, 5.74) is 0. The summed E-state index contributed by atoms with van der Waals surface area (Å²) < 4.78 is 5.32. The maximum atomic E-state index is 11.6. The van der Waals surface area contributed by atoms with Gasteiger partial charge in [-0.05, 0) is 25.5 Å². The number of thiophene rings is 1.